The summed E-state index contributed by atoms with van der Waals surface area (Å²) in [5.74, 6) is 1.52. The molecular weight excluding hydrogens is 426 g/mol. The van der Waals surface area contributed by atoms with Crippen LogP contribution in [-0.4, -0.2) is 25.6 Å². The fourth-order valence-electron chi connectivity index (χ4n) is 6.69. The number of hydrogen-bond acceptors (Lipinski definition) is 5. The molecule has 5 atom stereocenters. The van der Waals surface area contributed by atoms with E-state index in [9.17, 15) is 18.3 Å². The molecule has 170 valence electrons. The van der Waals surface area contributed by atoms with Gasteiger partial charge in [-0.3, -0.25) is 0 Å². The molecule has 3 aliphatic rings. The zero-order chi connectivity index (χ0) is 22.7. The smallest absolute Gasteiger partial charge is 0.338 e. The summed E-state index contributed by atoms with van der Waals surface area (Å²) >= 11 is 0. The first-order chi connectivity index (χ1) is 15.2. The van der Waals surface area contributed by atoms with Gasteiger partial charge in [0.25, 0.3) is 0 Å². The van der Waals surface area contributed by atoms with Crippen molar-refractivity contribution in [3.8, 4) is 5.75 Å². The Labute approximate surface area is 188 Å². The number of ether oxygens (including phenoxy) is 1. The highest BCUT2D eigenvalue weighted by atomic mass is 32.2. The van der Waals surface area contributed by atoms with Crippen LogP contribution in [0.5, 0.6) is 5.75 Å². The van der Waals surface area contributed by atoms with Crippen molar-refractivity contribution in [2.75, 3.05) is 0 Å². The lowest BCUT2D eigenvalue weighted by Crippen LogP contribution is -2.45. The number of fused-ring (bicyclic) bond motifs is 5. The molecule has 0 radical (unpaired) electrons. The third kappa shape index (κ3) is 3.52. The van der Waals surface area contributed by atoms with Crippen LogP contribution < -0.4 is 5.14 Å². The summed E-state index contributed by atoms with van der Waals surface area (Å²) in [4.78, 5) is 12.8. The monoisotopic (exact) mass is 455 g/mol. The lowest BCUT2D eigenvalue weighted by Gasteiger charge is -2.50. The average molecular weight is 456 g/mol. The molecule has 0 unspecified atom stereocenters. The summed E-state index contributed by atoms with van der Waals surface area (Å²) in [6, 6.07) is 11.4. The van der Waals surface area contributed by atoms with Crippen molar-refractivity contribution in [1.82, 2.24) is 0 Å². The van der Waals surface area contributed by atoms with Crippen molar-refractivity contribution in [2.45, 2.75) is 62.4 Å². The van der Waals surface area contributed by atoms with Crippen molar-refractivity contribution in [3.63, 3.8) is 0 Å². The average Bonchev–Trinajstić information content (AvgIpc) is 3.09. The number of carbonyl (C=O) groups is 1. The molecule has 0 spiro atoms. The molecule has 0 aliphatic heterocycles. The number of aromatic hydroxyl groups is 1. The van der Waals surface area contributed by atoms with Crippen molar-refractivity contribution >= 4 is 16.0 Å². The lowest BCUT2D eigenvalue weighted by molar-refractivity contribution is -0.0427. The number of sulfonamides is 1. The SMILES string of the molecule is C[C@]12CC[C@@H]3c4ccc(O)cc4CC[C@H]3[C@@H]1CC[C@@H]2OC(=O)c1ccc(S(N)(=O)=O)cc1. The number of carbonyl (C=O) groups excluding carboxylic acids is 1. The van der Waals surface area contributed by atoms with Crippen LogP contribution in [0.25, 0.3) is 0 Å². The molecule has 32 heavy (non-hydrogen) atoms. The fourth-order valence-corrected chi connectivity index (χ4v) is 7.21. The molecule has 2 saturated carbocycles. The standard InChI is InChI=1S/C25H29NO5S/c1-25-13-12-20-19-9-5-17(27)14-16(19)4-8-21(20)22(25)10-11-23(25)31-24(28)15-2-6-18(7-3-15)32(26,29)30/h2-3,5-7,9,14,20-23,27H,4,8,10-13H2,1H3,(H2,26,29,30)/t20-,21-,22+,23+,25+/m1/s1. The fraction of sp³-hybridized carbons (Fsp3) is 0.480. The van der Waals surface area contributed by atoms with Crippen LogP contribution in [-0.2, 0) is 21.2 Å². The summed E-state index contributed by atoms with van der Waals surface area (Å²) in [6.45, 7) is 2.27. The predicted octanol–water partition coefficient (Wildman–Crippen LogP) is 4.12. The second kappa shape index (κ2) is 7.59. The Kier molecular flexibility index (Phi) is 5.09. The van der Waals surface area contributed by atoms with Gasteiger partial charge in [0.15, 0.2) is 0 Å². The first-order valence-electron chi connectivity index (χ1n) is 11.3. The largest absolute Gasteiger partial charge is 0.508 e. The maximum Gasteiger partial charge on any atom is 0.338 e. The van der Waals surface area contributed by atoms with Crippen molar-refractivity contribution in [1.29, 1.82) is 0 Å². The Balaban J connectivity index is 1.33. The van der Waals surface area contributed by atoms with E-state index in [1.54, 1.807) is 6.07 Å². The van der Waals surface area contributed by atoms with Gasteiger partial charge in [0.2, 0.25) is 10.0 Å². The normalized spacial score (nSPS) is 31.3. The van der Waals surface area contributed by atoms with E-state index in [0.717, 1.165) is 38.5 Å². The highest BCUT2D eigenvalue weighted by Gasteiger charge is 2.56. The maximum absolute atomic E-state index is 12.8. The van der Waals surface area contributed by atoms with E-state index in [4.69, 9.17) is 9.88 Å². The molecule has 0 bridgehead atoms. The van der Waals surface area contributed by atoms with E-state index in [1.807, 2.05) is 6.07 Å². The number of nitrogens with two attached hydrogens (primary N) is 1. The summed E-state index contributed by atoms with van der Waals surface area (Å²) in [5.41, 5.74) is 2.95. The molecule has 0 aromatic heterocycles. The molecule has 3 N–H and O–H groups in total. The Bertz CT molecular complexity index is 1160. The Morgan fingerprint density at radius 1 is 1.09 bits per heavy atom. The number of esters is 1. The quantitative estimate of drug-likeness (QED) is 0.677. The van der Waals surface area contributed by atoms with Crippen LogP contribution >= 0.6 is 0 Å². The second-order valence-electron chi connectivity index (χ2n) is 9.88. The van der Waals surface area contributed by atoms with Crippen LogP contribution in [0.3, 0.4) is 0 Å². The maximum atomic E-state index is 12.8. The summed E-state index contributed by atoms with van der Waals surface area (Å²) < 4.78 is 28.9. The topological polar surface area (TPSA) is 107 Å². The molecule has 2 fully saturated rings. The minimum Gasteiger partial charge on any atom is -0.508 e. The van der Waals surface area contributed by atoms with E-state index in [2.05, 4.69) is 13.0 Å². The van der Waals surface area contributed by atoms with Crippen molar-refractivity contribution < 1.29 is 23.1 Å². The first kappa shape index (κ1) is 21.5. The number of benzene rings is 2. The van der Waals surface area contributed by atoms with Crippen molar-refractivity contribution in [3.05, 3.63) is 59.2 Å². The summed E-state index contributed by atoms with van der Waals surface area (Å²) in [5, 5.41) is 15.0. The van der Waals surface area contributed by atoms with Gasteiger partial charge in [-0.1, -0.05) is 13.0 Å². The predicted molar refractivity (Wildman–Crippen MR) is 120 cm³/mol. The number of hydrogen-bond donors (Lipinski definition) is 2. The molecule has 0 heterocycles. The van der Waals surface area contributed by atoms with E-state index in [-0.39, 0.29) is 16.4 Å². The van der Waals surface area contributed by atoms with Crippen LogP contribution in [0.1, 0.15) is 66.4 Å². The van der Waals surface area contributed by atoms with Gasteiger partial charge in [0, 0.05) is 5.41 Å². The van der Waals surface area contributed by atoms with Gasteiger partial charge in [0.1, 0.15) is 11.9 Å². The van der Waals surface area contributed by atoms with Gasteiger partial charge in [-0.15, -0.1) is 0 Å². The molecule has 2 aromatic rings. The van der Waals surface area contributed by atoms with Crippen molar-refractivity contribution in [2.24, 2.45) is 22.4 Å². The van der Waals surface area contributed by atoms with Crippen LogP contribution in [0.2, 0.25) is 0 Å². The molecule has 6 nitrogen and oxygen atoms in total. The third-order valence-corrected chi connectivity index (χ3v) is 9.22. The van der Waals surface area contributed by atoms with E-state index >= 15 is 0 Å². The van der Waals surface area contributed by atoms with Crippen LogP contribution in [0.4, 0.5) is 0 Å². The van der Waals surface area contributed by atoms with E-state index < -0.39 is 16.0 Å². The molecule has 7 heteroatoms. The lowest BCUT2D eigenvalue weighted by atomic mass is 9.55. The van der Waals surface area contributed by atoms with Gasteiger partial charge >= 0.3 is 5.97 Å². The van der Waals surface area contributed by atoms with E-state index in [0.29, 0.717) is 29.1 Å². The number of primary sulfonamides is 1. The summed E-state index contributed by atoms with van der Waals surface area (Å²) in [6.07, 6.45) is 5.92. The third-order valence-electron chi connectivity index (χ3n) is 8.29. The van der Waals surface area contributed by atoms with Gasteiger partial charge in [-0.25, -0.2) is 18.4 Å². The van der Waals surface area contributed by atoms with Gasteiger partial charge < -0.3 is 9.84 Å². The summed E-state index contributed by atoms with van der Waals surface area (Å²) in [7, 11) is -3.79. The zero-order valence-corrected chi connectivity index (χ0v) is 19.0. The van der Waals surface area contributed by atoms with Gasteiger partial charge in [0.05, 0.1) is 10.5 Å². The van der Waals surface area contributed by atoms with E-state index in [1.165, 1.54) is 35.4 Å². The van der Waals surface area contributed by atoms with Gasteiger partial charge in [-0.05, 0) is 104 Å². The Hall–Kier alpha value is -2.38. The van der Waals surface area contributed by atoms with Crippen LogP contribution in [0.15, 0.2) is 47.4 Å². The highest BCUT2D eigenvalue weighted by Crippen LogP contribution is 2.61. The number of aryl methyl sites for hydroxylation is 1. The Morgan fingerprint density at radius 3 is 2.56 bits per heavy atom. The minimum atomic E-state index is -3.79. The van der Waals surface area contributed by atoms with Crippen LogP contribution in [0, 0.1) is 17.3 Å². The first-order valence-corrected chi connectivity index (χ1v) is 12.9. The minimum absolute atomic E-state index is 0.0221. The highest BCUT2D eigenvalue weighted by molar-refractivity contribution is 7.89. The number of rotatable bonds is 3. The molecule has 3 aliphatic carbocycles. The molecule has 0 amide bonds. The molecule has 0 saturated heterocycles. The molecular formula is C25H29NO5S. The number of phenols is 1. The molecule has 5 rings (SSSR count). The van der Waals surface area contributed by atoms with Gasteiger partial charge in [-0.2, -0.15) is 0 Å². The Morgan fingerprint density at radius 2 is 1.84 bits per heavy atom. The second-order valence-corrected chi connectivity index (χ2v) is 11.4. The zero-order valence-electron chi connectivity index (χ0n) is 18.2. The molecule has 2 aromatic carbocycles. The number of phenolic OH excluding ortho intramolecular Hbond substituents is 1.